The zero-order valence-electron chi connectivity index (χ0n) is 13.0. The Balaban J connectivity index is 1.73. The molecule has 0 saturated heterocycles. The summed E-state index contributed by atoms with van der Waals surface area (Å²) in [7, 11) is 1.56. The molecule has 0 bridgehead atoms. The number of nitrogens with zero attached hydrogens (tertiary/aromatic N) is 2. The summed E-state index contributed by atoms with van der Waals surface area (Å²) in [5.41, 5.74) is 2.24. The van der Waals surface area contributed by atoms with Crippen LogP contribution >= 0.6 is 0 Å². The second-order valence-corrected chi connectivity index (χ2v) is 4.89. The maximum absolute atomic E-state index is 12.0. The van der Waals surface area contributed by atoms with E-state index in [1.165, 1.54) is 12.5 Å². The van der Waals surface area contributed by atoms with E-state index in [0.717, 1.165) is 11.1 Å². The third kappa shape index (κ3) is 3.67. The molecule has 120 valence electrons. The molecule has 24 heavy (non-hydrogen) atoms. The SMILES string of the molecule is COc1cc(NC(=O)C=Cc2cccnc2)ccc1-c1cnco1. The summed E-state index contributed by atoms with van der Waals surface area (Å²) in [4.78, 5) is 19.9. The smallest absolute Gasteiger partial charge is 0.248 e. The van der Waals surface area contributed by atoms with E-state index in [9.17, 15) is 4.79 Å². The highest BCUT2D eigenvalue weighted by Gasteiger charge is 2.10. The standard InChI is InChI=1S/C18H15N3O3/c1-23-16-9-14(5-6-15(16)17-11-20-12-24-17)21-18(22)7-4-13-3-2-8-19-10-13/h2-12H,1H3,(H,21,22). The molecule has 0 fully saturated rings. The summed E-state index contributed by atoms with van der Waals surface area (Å²) >= 11 is 0. The number of pyridine rings is 1. The minimum absolute atomic E-state index is 0.242. The molecule has 0 spiro atoms. The third-order valence-electron chi connectivity index (χ3n) is 3.28. The molecular formula is C18H15N3O3. The Morgan fingerprint density at radius 1 is 1.25 bits per heavy atom. The Morgan fingerprint density at radius 2 is 2.17 bits per heavy atom. The van der Waals surface area contributed by atoms with Crippen molar-refractivity contribution in [3.05, 3.63) is 67.0 Å². The first-order chi connectivity index (χ1) is 11.8. The van der Waals surface area contributed by atoms with Gasteiger partial charge in [0.1, 0.15) is 5.75 Å². The highest BCUT2D eigenvalue weighted by Crippen LogP contribution is 2.32. The van der Waals surface area contributed by atoms with Gasteiger partial charge in [-0.2, -0.15) is 0 Å². The summed E-state index contributed by atoms with van der Waals surface area (Å²) in [6.07, 6.45) is 9.47. The number of benzene rings is 1. The van der Waals surface area contributed by atoms with Crippen molar-refractivity contribution in [3.63, 3.8) is 0 Å². The lowest BCUT2D eigenvalue weighted by atomic mass is 10.1. The quantitative estimate of drug-likeness (QED) is 0.729. The summed E-state index contributed by atoms with van der Waals surface area (Å²) in [5, 5.41) is 2.79. The van der Waals surface area contributed by atoms with Gasteiger partial charge in [0.25, 0.3) is 0 Å². The molecule has 1 amide bonds. The maximum atomic E-state index is 12.0. The third-order valence-corrected chi connectivity index (χ3v) is 3.28. The van der Waals surface area contributed by atoms with Gasteiger partial charge in [0.05, 0.1) is 18.9 Å². The number of oxazole rings is 1. The first-order valence-electron chi connectivity index (χ1n) is 7.22. The average Bonchev–Trinajstić information content (AvgIpc) is 3.15. The van der Waals surface area contributed by atoms with Gasteiger partial charge in [0, 0.05) is 30.2 Å². The number of anilines is 1. The number of methoxy groups -OCH3 is 1. The van der Waals surface area contributed by atoms with Gasteiger partial charge >= 0.3 is 0 Å². The normalized spacial score (nSPS) is 10.7. The monoisotopic (exact) mass is 321 g/mol. The molecule has 2 heterocycles. The first kappa shape index (κ1) is 15.5. The molecule has 0 aliphatic heterocycles. The topological polar surface area (TPSA) is 77.2 Å². The average molecular weight is 321 g/mol. The van der Waals surface area contributed by atoms with Gasteiger partial charge in [0.15, 0.2) is 12.2 Å². The number of carbonyl (C=O) groups is 1. The highest BCUT2D eigenvalue weighted by atomic mass is 16.5. The lowest BCUT2D eigenvalue weighted by Crippen LogP contribution is -2.07. The number of rotatable bonds is 5. The minimum Gasteiger partial charge on any atom is -0.496 e. The number of ether oxygens (including phenoxy) is 1. The molecule has 0 unspecified atom stereocenters. The molecule has 0 aliphatic rings. The van der Waals surface area contributed by atoms with E-state index in [-0.39, 0.29) is 5.91 Å². The van der Waals surface area contributed by atoms with Crippen LogP contribution in [0.15, 0.2) is 65.8 Å². The van der Waals surface area contributed by atoms with Crippen LogP contribution in [0, 0.1) is 0 Å². The maximum Gasteiger partial charge on any atom is 0.248 e. The molecule has 3 rings (SSSR count). The fraction of sp³-hybridized carbons (Fsp3) is 0.0556. The number of hydrogen-bond acceptors (Lipinski definition) is 5. The Bertz CT molecular complexity index is 843. The second-order valence-electron chi connectivity index (χ2n) is 4.89. The van der Waals surface area contributed by atoms with Crippen LogP contribution in [0.25, 0.3) is 17.4 Å². The van der Waals surface area contributed by atoms with Gasteiger partial charge in [-0.3, -0.25) is 9.78 Å². The zero-order valence-corrected chi connectivity index (χ0v) is 13.0. The van der Waals surface area contributed by atoms with Crippen LogP contribution in [0.1, 0.15) is 5.56 Å². The number of aromatic nitrogens is 2. The van der Waals surface area contributed by atoms with Gasteiger partial charge in [-0.1, -0.05) is 6.07 Å². The molecule has 3 aromatic rings. The Kier molecular flexibility index (Phi) is 4.67. The van der Waals surface area contributed by atoms with E-state index in [1.54, 1.807) is 50.0 Å². The van der Waals surface area contributed by atoms with E-state index in [0.29, 0.717) is 17.2 Å². The Morgan fingerprint density at radius 3 is 2.88 bits per heavy atom. The van der Waals surface area contributed by atoms with E-state index in [4.69, 9.17) is 9.15 Å². The van der Waals surface area contributed by atoms with Crippen molar-refractivity contribution in [1.82, 2.24) is 9.97 Å². The van der Waals surface area contributed by atoms with Crippen molar-refractivity contribution in [2.24, 2.45) is 0 Å². The lowest BCUT2D eigenvalue weighted by molar-refractivity contribution is -0.111. The van der Waals surface area contributed by atoms with Crippen LogP contribution in [0.2, 0.25) is 0 Å². The predicted octanol–water partition coefficient (Wildman–Crippen LogP) is 3.40. The zero-order chi connectivity index (χ0) is 16.8. The van der Waals surface area contributed by atoms with Crippen molar-refractivity contribution < 1.29 is 13.9 Å². The van der Waals surface area contributed by atoms with Crippen LogP contribution in [0.3, 0.4) is 0 Å². The van der Waals surface area contributed by atoms with Gasteiger partial charge < -0.3 is 14.5 Å². The van der Waals surface area contributed by atoms with Crippen LogP contribution < -0.4 is 10.1 Å². The van der Waals surface area contributed by atoms with Gasteiger partial charge in [-0.05, 0) is 29.8 Å². The van der Waals surface area contributed by atoms with E-state index in [2.05, 4.69) is 15.3 Å². The molecule has 0 aliphatic carbocycles. The van der Waals surface area contributed by atoms with Crippen LogP contribution in [0.4, 0.5) is 5.69 Å². The predicted molar refractivity (Wildman–Crippen MR) is 90.4 cm³/mol. The van der Waals surface area contributed by atoms with Gasteiger partial charge in [0.2, 0.25) is 5.91 Å². The van der Waals surface area contributed by atoms with Crippen molar-refractivity contribution in [2.75, 3.05) is 12.4 Å². The van der Waals surface area contributed by atoms with E-state index >= 15 is 0 Å². The molecule has 6 heteroatoms. The van der Waals surface area contributed by atoms with Crippen molar-refractivity contribution in [2.45, 2.75) is 0 Å². The Hall–Kier alpha value is -3.41. The van der Waals surface area contributed by atoms with E-state index < -0.39 is 0 Å². The number of hydrogen-bond donors (Lipinski definition) is 1. The fourth-order valence-electron chi connectivity index (χ4n) is 2.15. The van der Waals surface area contributed by atoms with Crippen LogP contribution in [0.5, 0.6) is 5.75 Å². The van der Waals surface area contributed by atoms with Gasteiger partial charge in [-0.25, -0.2) is 4.98 Å². The Labute approximate surface area is 138 Å². The van der Waals surface area contributed by atoms with E-state index in [1.807, 2.05) is 12.1 Å². The molecule has 0 saturated carbocycles. The van der Waals surface area contributed by atoms with Crippen molar-refractivity contribution >= 4 is 17.7 Å². The number of amides is 1. The summed E-state index contributed by atoms with van der Waals surface area (Å²) < 4.78 is 10.6. The molecule has 0 atom stereocenters. The summed E-state index contributed by atoms with van der Waals surface area (Å²) in [6, 6.07) is 8.99. The van der Waals surface area contributed by atoms with Crippen molar-refractivity contribution in [1.29, 1.82) is 0 Å². The van der Waals surface area contributed by atoms with Gasteiger partial charge in [-0.15, -0.1) is 0 Å². The first-order valence-corrected chi connectivity index (χ1v) is 7.22. The van der Waals surface area contributed by atoms with Crippen molar-refractivity contribution in [3.8, 4) is 17.1 Å². The molecule has 0 radical (unpaired) electrons. The number of carbonyl (C=O) groups excluding carboxylic acids is 1. The molecule has 2 aromatic heterocycles. The number of nitrogens with one attached hydrogen (secondary N) is 1. The molecule has 6 nitrogen and oxygen atoms in total. The molecular weight excluding hydrogens is 306 g/mol. The fourth-order valence-corrected chi connectivity index (χ4v) is 2.15. The molecule has 1 N–H and O–H groups in total. The summed E-state index contributed by atoms with van der Waals surface area (Å²) in [5.74, 6) is 0.940. The lowest BCUT2D eigenvalue weighted by Gasteiger charge is -2.09. The summed E-state index contributed by atoms with van der Waals surface area (Å²) in [6.45, 7) is 0. The highest BCUT2D eigenvalue weighted by molar-refractivity contribution is 6.02. The minimum atomic E-state index is -0.242. The van der Waals surface area contributed by atoms with Crippen LogP contribution in [-0.4, -0.2) is 23.0 Å². The largest absolute Gasteiger partial charge is 0.496 e. The second kappa shape index (κ2) is 7.23. The molecule has 1 aromatic carbocycles. The van der Waals surface area contributed by atoms with Crippen LogP contribution in [-0.2, 0) is 4.79 Å².